The molecular weight excluding hydrogens is 248 g/mol. The number of aryl methyl sites for hydroxylation is 2. The third-order valence-electron chi connectivity index (χ3n) is 3.61. The van der Waals surface area contributed by atoms with Gasteiger partial charge in [0.15, 0.2) is 0 Å². The van der Waals surface area contributed by atoms with Gasteiger partial charge in [-0.1, -0.05) is 43.3 Å². The Morgan fingerprint density at radius 3 is 2.45 bits per heavy atom. The summed E-state index contributed by atoms with van der Waals surface area (Å²) in [4.78, 5) is 12.8. The zero-order valence-corrected chi connectivity index (χ0v) is 11.6. The lowest BCUT2D eigenvalue weighted by Gasteiger charge is -2.10. The molecule has 0 atom stereocenters. The summed E-state index contributed by atoms with van der Waals surface area (Å²) in [6.07, 6.45) is 0.698. The van der Waals surface area contributed by atoms with Crippen molar-refractivity contribution < 1.29 is 4.42 Å². The Labute approximate surface area is 117 Å². The van der Waals surface area contributed by atoms with Gasteiger partial charge in [0, 0.05) is 6.42 Å². The van der Waals surface area contributed by atoms with E-state index in [4.69, 9.17) is 4.42 Å². The standard InChI is InChI=1S/C18H16O2/c1-3-15-17(13-9-5-4-8-12(13)2)18(19)14-10-6-7-11-16(14)20-15/h4-11H,3H2,1-2H3. The minimum atomic E-state index is 0.0537. The minimum absolute atomic E-state index is 0.0537. The van der Waals surface area contributed by atoms with E-state index in [-0.39, 0.29) is 5.43 Å². The van der Waals surface area contributed by atoms with E-state index in [9.17, 15) is 4.79 Å². The molecule has 3 aromatic rings. The minimum Gasteiger partial charge on any atom is -0.460 e. The highest BCUT2D eigenvalue weighted by Crippen LogP contribution is 2.27. The molecule has 0 amide bonds. The van der Waals surface area contributed by atoms with Crippen LogP contribution in [0, 0.1) is 6.92 Å². The van der Waals surface area contributed by atoms with Crippen molar-refractivity contribution in [2.45, 2.75) is 20.3 Å². The Kier molecular flexibility index (Phi) is 3.15. The maximum Gasteiger partial charge on any atom is 0.200 e. The van der Waals surface area contributed by atoms with Crippen molar-refractivity contribution in [3.63, 3.8) is 0 Å². The molecule has 100 valence electrons. The second-order valence-corrected chi connectivity index (χ2v) is 4.89. The van der Waals surface area contributed by atoms with Crippen LogP contribution in [0.2, 0.25) is 0 Å². The quantitative estimate of drug-likeness (QED) is 0.689. The van der Waals surface area contributed by atoms with Crippen LogP contribution in [-0.2, 0) is 6.42 Å². The Morgan fingerprint density at radius 2 is 1.70 bits per heavy atom. The van der Waals surface area contributed by atoms with Crippen LogP contribution in [-0.4, -0.2) is 0 Å². The predicted octanol–water partition coefficient (Wildman–Crippen LogP) is 4.33. The van der Waals surface area contributed by atoms with Gasteiger partial charge in [-0.05, 0) is 30.2 Å². The monoisotopic (exact) mass is 264 g/mol. The molecule has 0 spiro atoms. The molecule has 1 heterocycles. The lowest BCUT2D eigenvalue weighted by molar-refractivity contribution is 0.546. The van der Waals surface area contributed by atoms with Crippen molar-refractivity contribution in [2.75, 3.05) is 0 Å². The molecule has 2 nitrogen and oxygen atoms in total. The molecule has 0 fully saturated rings. The van der Waals surface area contributed by atoms with Gasteiger partial charge < -0.3 is 4.42 Å². The van der Waals surface area contributed by atoms with Gasteiger partial charge in [0.2, 0.25) is 5.43 Å². The third-order valence-corrected chi connectivity index (χ3v) is 3.61. The number of hydrogen-bond donors (Lipinski definition) is 0. The molecule has 0 aliphatic heterocycles. The van der Waals surface area contributed by atoms with E-state index in [1.165, 1.54) is 0 Å². The van der Waals surface area contributed by atoms with Gasteiger partial charge in [0.1, 0.15) is 11.3 Å². The van der Waals surface area contributed by atoms with Gasteiger partial charge in [0.05, 0.1) is 10.9 Å². The van der Waals surface area contributed by atoms with Gasteiger partial charge in [0.25, 0.3) is 0 Å². The SMILES string of the molecule is CCc1oc2ccccc2c(=O)c1-c1ccccc1C. The molecule has 0 N–H and O–H groups in total. The van der Waals surface area contributed by atoms with Crippen LogP contribution >= 0.6 is 0 Å². The van der Waals surface area contributed by atoms with Crippen molar-refractivity contribution in [3.8, 4) is 11.1 Å². The van der Waals surface area contributed by atoms with Crippen LogP contribution in [0.15, 0.2) is 57.7 Å². The summed E-state index contributed by atoms with van der Waals surface area (Å²) in [6.45, 7) is 4.03. The fourth-order valence-electron chi connectivity index (χ4n) is 2.56. The summed E-state index contributed by atoms with van der Waals surface area (Å²) in [7, 11) is 0. The van der Waals surface area contributed by atoms with Crippen LogP contribution in [0.1, 0.15) is 18.2 Å². The first-order chi connectivity index (χ1) is 9.72. The fourth-order valence-corrected chi connectivity index (χ4v) is 2.56. The smallest absolute Gasteiger partial charge is 0.200 e. The second kappa shape index (κ2) is 4.97. The van der Waals surface area contributed by atoms with Gasteiger partial charge >= 0.3 is 0 Å². The van der Waals surface area contributed by atoms with E-state index in [1.54, 1.807) is 0 Å². The van der Waals surface area contributed by atoms with Crippen LogP contribution in [0.5, 0.6) is 0 Å². The van der Waals surface area contributed by atoms with Crippen molar-refractivity contribution in [3.05, 3.63) is 70.1 Å². The molecule has 0 saturated carbocycles. The van der Waals surface area contributed by atoms with E-state index in [1.807, 2.05) is 62.4 Å². The molecule has 0 aliphatic rings. The van der Waals surface area contributed by atoms with Crippen LogP contribution in [0.4, 0.5) is 0 Å². The van der Waals surface area contributed by atoms with Gasteiger partial charge in [-0.2, -0.15) is 0 Å². The maximum absolute atomic E-state index is 12.8. The topological polar surface area (TPSA) is 30.2 Å². The largest absolute Gasteiger partial charge is 0.460 e. The Hall–Kier alpha value is -2.35. The Bertz CT molecular complexity index is 828. The zero-order valence-electron chi connectivity index (χ0n) is 11.6. The molecule has 2 heteroatoms. The lowest BCUT2D eigenvalue weighted by Crippen LogP contribution is -2.09. The normalized spacial score (nSPS) is 10.9. The first kappa shape index (κ1) is 12.7. The summed E-state index contributed by atoms with van der Waals surface area (Å²) >= 11 is 0. The van der Waals surface area contributed by atoms with Crippen LogP contribution < -0.4 is 5.43 Å². The van der Waals surface area contributed by atoms with Crippen LogP contribution in [0.3, 0.4) is 0 Å². The third kappa shape index (κ3) is 1.94. The van der Waals surface area contributed by atoms with Gasteiger partial charge in [-0.3, -0.25) is 4.79 Å². The summed E-state index contributed by atoms with van der Waals surface area (Å²) in [5.41, 5.74) is 3.46. The molecule has 3 rings (SSSR count). The molecule has 0 aliphatic carbocycles. The van der Waals surface area contributed by atoms with Gasteiger partial charge in [-0.15, -0.1) is 0 Å². The molecule has 2 aromatic carbocycles. The fraction of sp³-hybridized carbons (Fsp3) is 0.167. The molecule has 0 saturated heterocycles. The van der Waals surface area contributed by atoms with E-state index < -0.39 is 0 Å². The average molecular weight is 264 g/mol. The Morgan fingerprint density at radius 1 is 1.00 bits per heavy atom. The molecule has 0 unspecified atom stereocenters. The van der Waals surface area contributed by atoms with E-state index in [0.717, 1.165) is 16.9 Å². The molecule has 0 bridgehead atoms. The zero-order chi connectivity index (χ0) is 14.1. The number of benzene rings is 2. The van der Waals surface area contributed by atoms with Crippen molar-refractivity contribution in [1.82, 2.24) is 0 Å². The highest BCUT2D eigenvalue weighted by Gasteiger charge is 2.15. The molecule has 1 aromatic heterocycles. The second-order valence-electron chi connectivity index (χ2n) is 4.89. The summed E-state index contributed by atoms with van der Waals surface area (Å²) < 4.78 is 5.93. The summed E-state index contributed by atoms with van der Waals surface area (Å²) in [6, 6.07) is 15.4. The highest BCUT2D eigenvalue weighted by molar-refractivity contribution is 5.83. The molecule has 0 radical (unpaired) electrons. The number of fused-ring (bicyclic) bond motifs is 1. The van der Waals surface area contributed by atoms with Gasteiger partial charge in [-0.25, -0.2) is 0 Å². The van der Waals surface area contributed by atoms with E-state index in [0.29, 0.717) is 23.0 Å². The van der Waals surface area contributed by atoms with Crippen molar-refractivity contribution in [1.29, 1.82) is 0 Å². The first-order valence-corrected chi connectivity index (χ1v) is 6.83. The van der Waals surface area contributed by atoms with Crippen molar-refractivity contribution >= 4 is 11.0 Å². The molecule has 20 heavy (non-hydrogen) atoms. The molecular formula is C18H16O2. The maximum atomic E-state index is 12.8. The summed E-state index contributed by atoms with van der Waals surface area (Å²) in [5.74, 6) is 0.753. The first-order valence-electron chi connectivity index (χ1n) is 6.83. The lowest BCUT2D eigenvalue weighted by atomic mass is 9.97. The predicted molar refractivity (Wildman–Crippen MR) is 82.0 cm³/mol. The van der Waals surface area contributed by atoms with Crippen LogP contribution in [0.25, 0.3) is 22.1 Å². The number of rotatable bonds is 2. The number of para-hydroxylation sites is 1. The number of hydrogen-bond acceptors (Lipinski definition) is 2. The summed E-state index contributed by atoms with van der Waals surface area (Å²) in [5, 5.41) is 0.642. The average Bonchev–Trinajstić information content (AvgIpc) is 2.48. The van der Waals surface area contributed by atoms with E-state index >= 15 is 0 Å². The highest BCUT2D eigenvalue weighted by atomic mass is 16.3. The van der Waals surface area contributed by atoms with E-state index in [2.05, 4.69) is 0 Å². The Balaban J connectivity index is 2.43. The van der Waals surface area contributed by atoms with Crippen molar-refractivity contribution in [2.24, 2.45) is 0 Å².